The molecule has 2 aromatic carbocycles. The number of rotatable bonds is 5. The van der Waals surface area contributed by atoms with Crippen molar-refractivity contribution in [1.82, 2.24) is 4.57 Å². The van der Waals surface area contributed by atoms with Crippen molar-refractivity contribution in [2.24, 2.45) is 0 Å². The lowest BCUT2D eigenvalue weighted by Crippen LogP contribution is -2.18. The molecule has 0 radical (unpaired) electrons. The highest BCUT2D eigenvalue weighted by Crippen LogP contribution is 2.24. The molecular weight excluding hydrogens is 384 g/mol. The lowest BCUT2D eigenvalue weighted by Gasteiger charge is -2.12. The minimum absolute atomic E-state index is 0.0425. The van der Waals surface area contributed by atoms with E-state index in [0.717, 1.165) is 17.3 Å². The zero-order valence-electron chi connectivity index (χ0n) is 13.6. The van der Waals surface area contributed by atoms with Crippen molar-refractivity contribution < 1.29 is 14.7 Å². The molecular formula is C19H17BrN2O3. The SMILES string of the molecule is CCCn1c(C(=O)Nc2ccc(Br)cc2C(=O)O)cc2ccccc21. The molecule has 6 heteroatoms. The van der Waals surface area contributed by atoms with Crippen LogP contribution in [0.25, 0.3) is 10.9 Å². The van der Waals surface area contributed by atoms with Gasteiger partial charge in [0.2, 0.25) is 0 Å². The van der Waals surface area contributed by atoms with Crippen LogP contribution in [0, 0.1) is 0 Å². The van der Waals surface area contributed by atoms with E-state index in [9.17, 15) is 14.7 Å². The summed E-state index contributed by atoms with van der Waals surface area (Å²) in [6.07, 6.45) is 0.887. The maximum absolute atomic E-state index is 12.8. The third-order valence-electron chi connectivity index (χ3n) is 3.95. The molecule has 3 rings (SSSR count). The van der Waals surface area contributed by atoms with Crippen LogP contribution in [0.2, 0.25) is 0 Å². The number of hydrogen-bond acceptors (Lipinski definition) is 2. The molecule has 0 aliphatic carbocycles. The minimum Gasteiger partial charge on any atom is -0.478 e. The number of carbonyl (C=O) groups excluding carboxylic acids is 1. The first-order valence-corrected chi connectivity index (χ1v) is 8.73. The number of para-hydroxylation sites is 1. The number of fused-ring (bicyclic) bond motifs is 1. The first-order valence-electron chi connectivity index (χ1n) is 7.93. The Bertz CT molecular complexity index is 962. The third-order valence-corrected chi connectivity index (χ3v) is 4.44. The first kappa shape index (κ1) is 17.2. The second kappa shape index (κ2) is 7.11. The number of hydrogen-bond donors (Lipinski definition) is 2. The van der Waals surface area contributed by atoms with Gasteiger partial charge in [0.15, 0.2) is 0 Å². The van der Waals surface area contributed by atoms with Crippen molar-refractivity contribution in [3.8, 4) is 0 Å². The molecule has 0 atom stereocenters. The summed E-state index contributed by atoms with van der Waals surface area (Å²) in [4.78, 5) is 24.2. The summed E-state index contributed by atoms with van der Waals surface area (Å²) in [6, 6.07) is 14.4. The van der Waals surface area contributed by atoms with E-state index in [0.29, 0.717) is 16.7 Å². The lowest BCUT2D eigenvalue weighted by molar-refractivity contribution is 0.0698. The van der Waals surface area contributed by atoms with Gasteiger partial charge in [-0.2, -0.15) is 0 Å². The summed E-state index contributed by atoms with van der Waals surface area (Å²) in [5.74, 6) is -1.42. The van der Waals surface area contributed by atoms with E-state index in [1.54, 1.807) is 12.1 Å². The topological polar surface area (TPSA) is 71.3 Å². The fraction of sp³-hybridized carbons (Fsp3) is 0.158. The Morgan fingerprint density at radius 2 is 1.92 bits per heavy atom. The molecule has 0 unspecified atom stereocenters. The van der Waals surface area contributed by atoms with E-state index in [1.165, 1.54) is 6.07 Å². The van der Waals surface area contributed by atoms with E-state index in [1.807, 2.05) is 41.8 Å². The van der Waals surface area contributed by atoms with Gasteiger partial charge in [-0.05, 0) is 36.8 Å². The number of nitrogens with zero attached hydrogens (tertiary/aromatic N) is 1. The molecule has 0 fully saturated rings. The van der Waals surface area contributed by atoms with E-state index < -0.39 is 5.97 Å². The highest BCUT2D eigenvalue weighted by atomic mass is 79.9. The van der Waals surface area contributed by atoms with E-state index >= 15 is 0 Å². The van der Waals surface area contributed by atoms with Crippen LogP contribution in [0.1, 0.15) is 34.2 Å². The first-order chi connectivity index (χ1) is 12.0. The maximum atomic E-state index is 12.8. The van der Waals surface area contributed by atoms with Gasteiger partial charge in [0.1, 0.15) is 5.69 Å². The fourth-order valence-corrected chi connectivity index (χ4v) is 3.21. The predicted molar refractivity (Wildman–Crippen MR) is 101 cm³/mol. The number of aryl methyl sites for hydroxylation is 1. The van der Waals surface area contributed by atoms with Crippen molar-refractivity contribution in [3.05, 3.63) is 64.3 Å². The number of carbonyl (C=O) groups is 2. The van der Waals surface area contributed by atoms with Crippen LogP contribution in [-0.4, -0.2) is 21.6 Å². The number of anilines is 1. The second-order valence-corrected chi connectivity index (χ2v) is 6.60. The van der Waals surface area contributed by atoms with Crippen LogP contribution < -0.4 is 5.32 Å². The van der Waals surface area contributed by atoms with Crippen LogP contribution >= 0.6 is 15.9 Å². The fourth-order valence-electron chi connectivity index (χ4n) is 2.85. The monoisotopic (exact) mass is 400 g/mol. The standard InChI is InChI=1S/C19H17BrN2O3/c1-2-9-22-16-6-4-3-5-12(16)10-17(22)18(23)21-15-8-7-13(20)11-14(15)19(24)25/h3-8,10-11H,2,9H2,1H3,(H,21,23)(H,24,25). The summed E-state index contributed by atoms with van der Waals surface area (Å²) in [7, 11) is 0. The van der Waals surface area contributed by atoms with Gasteiger partial charge in [-0.25, -0.2) is 4.79 Å². The summed E-state index contributed by atoms with van der Waals surface area (Å²) < 4.78 is 2.60. The molecule has 5 nitrogen and oxygen atoms in total. The Morgan fingerprint density at radius 3 is 2.64 bits per heavy atom. The van der Waals surface area contributed by atoms with Gasteiger partial charge in [0.25, 0.3) is 5.91 Å². The Balaban J connectivity index is 2.01. The van der Waals surface area contributed by atoms with Crippen LogP contribution in [0.5, 0.6) is 0 Å². The average Bonchev–Trinajstić information content (AvgIpc) is 2.95. The summed E-state index contributed by atoms with van der Waals surface area (Å²) in [5.41, 5.74) is 1.82. The van der Waals surface area contributed by atoms with Crippen LogP contribution in [0.3, 0.4) is 0 Å². The number of aromatic nitrogens is 1. The molecule has 1 aromatic heterocycles. The normalized spacial score (nSPS) is 10.8. The van der Waals surface area contributed by atoms with Crippen LogP contribution in [0.15, 0.2) is 53.0 Å². The summed E-state index contributed by atoms with van der Waals surface area (Å²) in [5, 5.41) is 13.1. The van der Waals surface area contributed by atoms with Crippen molar-refractivity contribution in [2.45, 2.75) is 19.9 Å². The maximum Gasteiger partial charge on any atom is 0.337 e. The summed E-state index contributed by atoms with van der Waals surface area (Å²) >= 11 is 3.25. The van der Waals surface area contributed by atoms with E-state index in [-0.39, 0.29) is 17.2 Å². The van der Waals surface area contributed by atoms with Gasteiger partial charge in [0, 0.05) is 21.9 Å². The molecule has 2 N–H and O–H groups in total. The summed E-state index contributed by atoms with van der Waals surface area (Å²) in [6.45, 7) is 2.76. The van der Waals surface area contributed by atoms with Gasteiger partial charge in [0.05, 0.1) is 11.3 Å². The molecule has 0 aliphatic rings. The second-order valence-electron chi connectivity index (χ2n) is 5.69. The number of carboxylic acid groups (broad SMARTS) is 1. The molecule has 0 bridgehead atoms. The van der Waals surface area contributed by atoms with Crippen molar-refractivity contribution in [2.75, 3.05) is 5.32 Å². The Labute approximate surface area is 153 Å². The van der Waals surface area contributed by atoms with Gasteiger partial charge < -0.3 is 15.0 Å². The molecule has 1 amide bonds. The average molecular weight is 401 g/mol. The number of amides is 1. The van der Waals surface area contributed by atoms with E-state index in [2.05, 4.69) is 21.2 Å². The number of aromatic carboxylic acids is 1. The zero-order valence-corrected chi connectivity index (χ0v) is 15.2. The molecule has 128 valence electrons. The van der Waals surface area contributed by atoms with Crippen molar-refractivity contribution in [3.63, 3.8) is 0 Å². The third kappa shape index (κ3) is 3.44. The zero-order chi connectivity index (χ0) is 18.0. The highest BCUT2D eigenvalue weighted by Gasteiger charge is 2.18. The smallest absolute Gasteiger partial charge is 0.337 e. The van der Waals surface area contributed by atoms with Gasteiger partial charge in [-0.15, -0.1) is 0 Å². The molecule has 0 saturated carbocycles. The number of carboxylic acids is 1. The molecule has 0 aliphatic heterocycles. The van der Waals surface area contributed by atoms with Crippen LogP contribution in [-0.2, 0) is 6.54 Å². The largest absolute Gasteiger partial charge is 0.478 e. The van der Waals surface area contributed by atoms with E-state index in [4.69, 9.17) is 0 Å². The van der Waals surface area contributed by atoms with Gasteiger partial charge >= 0.3 is 5.97 Å². The highest BCUT2D eigenvalue weighted by molar-refractivity contribution is 9.10. The number of benzene rings is 2. The molecule has 3 aromatic rings. The van der Waals surface area contributed by atoms with Gasteiger partial charge in [-0.1, -0.05) is 41.1 Å². The molecule has 0 saturated heterocycles. The van der Waals surface area contributed by atoms with Gasteiger partial charge in [-0.3, -0.25) is 4.79 Å². The Morgan fingerprint density at radius 1 is 1.16 bits per heavy atom. The lowest BCUT2D eigenvalue weighted by atomic mass is 10.1. The predicted octanol–water partition coefficient (Wildman–Crippen LogP) is 4.76. The molecule has 0 spiro atoms. The minimum atomic E-state index is -1.09. The Kier molecular flexibility index (Phi) is 4.90. The molecule has 1 heterocycles. The number of nitrogens with one attached hydrogen (secondary N) is 1. The molecule has 25 heavy (non-hydrogen) atoms. The van der Waals surface area contributed by atoms with Crippen molar-refractivity contribution >= 4 is 44.4 Å². The Hall–Kier alpha value is -2.60. The van der Waals surface area contributed by atoms with Crippen molar-refractivity contribution in [1.29, 1.82) is 0 Å². The van der Waals surface area contributed by atoms with Crippen LogP contribution in [0.4, 0.5) is 5.69 Å². The number of halogens is 1. The quantitative estimate of drug-likeness (QED) is 0.647.